The summed E-state index contributed by atoms with van der Waals surface area (Å²) in [5, 5.41) is 20.8. The van der Waals surface area contributed by atoms with Gasteiger partial charge in [0.1, 0.15) is 17.5 Å². The molecular formula is C27H34N2O3. The third-order valence-electron chi connectivity index (χ3n) is 5.70. The summed E-state index contributed by atoms with van der Waals surface area (Å²) in [4.78, 5) is 12.6. The number of rotatable bonds is 11. The maximum absolute atomic E-state index is 12.6. The highest BCUT2D eigenvalue weighted by atomic mass is 16.5. The number of benzene rings is 2. The van der Waals surface area contributed by atoms with Gasteiger partial charge in [0.25, 0.3) is 0 Å². The summed E-state index contributed by atoms with van der Waals surface area (Å²) in [6, 6.07) is 10.8. The van der Waals surface area contributed by atoms with Gasteiger partial charge in [-0.2, -0.15) is 10.2 Å². The average molecular weight is 435 g/mol. The molecule has 5 heteroatoms. The van der Waals surface area contributed by atoms with Crippen LogP contribution in [-0.4, -0.2) is 23.7 Å². The molecule has 1 atom stereocenters. The van der Waals surface area contributed by atoms with Crippen molar-refractivity contribution in [3.8, 4) is 5.75 Å². The van der Waals surface area contributed by atoms with E-state index in [-0.39, 0.29) is 11.7 Å². The Kier molecular flexibility index (Phi) is 9.02. The molecule has 1 aliphatic carbocycles. The van der Waals surface area contributed by atoms with E-state index in [1.54, 1.807) is 12.1 Å². The monoisotopic (exact) mass is 434 g/mol. The molecule has 0 saturated heterocycles. The minimum atomic E-state index is -0.415. The van der Waals surface area contributed by atoms with Crippen molar-refractivity contribution in [3.63, 3.8) is 0 Å². The Morgan fingerprint density at radius 1 is 1.09 bits per heavy atom. The van der Waals surface area contributed by atoms with E-state index in [0.717, 1.165) is 29.5 Å². The Hall–Kier alpha value is -2.95. The number of phenols is 1. The summed E-state index contributed by atoms with van der Waals surface area (Å²) >= 11 is 0. The highest BCUT2D eigenvalue weighted by Crippen LogP contribution is 2.35. The van der Waals surface area contributed by atoms with Crippen molar-refractivity contribution in [2.75, 3.05) is 6.61 Å². The summed E-state index contributed by atoms with van der Waals surface area (Å²) in [5.41, 5.74) is 0.927. The number of unbranched alkanes of at least 4 members (excludes halogenated alkanes) is 4. The number of phenolic OH excluding ortho intramolecular Hbond substituents is 1. The third kappa shape index (κ3) is 6.78. The van der Waals surface area contributed by atoms with Crippen molar-refractivity contribution in [1.29, 1.82) is 0 Å². The lowest BCUT2D eigenvalue weighted by Gasteiger charge is -2.16. The summed E-state index contributed by atoms with van der Waals surface area (Å²) in [6.45, 7) is 4.94. The van der Waals surface area contributed by atoms with Crippen molar-refractivity contribution in [2.24, 2.45) is 16.1 Å². The van der Waals surface area contributed by atoms with Crippen molar-refractivity contribution in [1.82, 2.24) is 0 Å². The first-order valence-electron chi connectivity index (χ1n) is 11.7. The number of fused-ring (bicyclic) bond motifs is 1. The smallest absolute Gasteiger partial charge is 0.336 e. The van der Waals surface area contributed by atoms with Crippen LogP contribution in [0.5, 0.6) is 5.75 Å². The second kappa shape index (κ2) is 12.2. The van der Waals surface area contributed by atoms with Crippen LogP contribution in [-0.2, 0) is 9.53 Å². The SMILES string of the molecule is CC(C)CCCCCCCOC(=O)C1=CC=CCC1/N=N/c1c(O)ccc2ccccc12. The van der Waals surface area contributed by atoms with Gasteiger partial charge in [0.15, 0.2) is 0 Å². The number of hydrogen-bond acceptors (Lipinski definition) is 5. The number of esters is 1. The predicted octanol–water partition coefficient (Wildman–Crippen LogP) is 7.42. The van der Waals surface area contributed by atoms with Gasteiger partial charge in [0.05, 0.1) is 12.2 Å². The lowest BCUT2D eigenvalue weighted by molar-refractivity contribution is -0.139. The topological polar surface area (TPSA) is 71.2 Å². The Balaban J connectivity index is 1.54. The molecule has 170 valence electrons. The van der Waals surface area contributed by atoms with Crippen LogP contribution in [0.15, 0.2) is 70.4 Å². The molecule has 1 aliphatic rings. The number of azo groups is 1. The number of ether oxygens (including phenoxy) is 1. The van der Waals surface area contributed by atoms with Gasteiger partial charge in [-0.25, -0.2) is 4.79 Å². The molecule has 0 heterocycles. The van der Waals surface area contributed by atoms with E-state index in [1.165, 1.54) is 25.7 Å². The highest BCUT2D eigenvalue weighted by Gasteiger charge is 2.23. The molecule has 3 rings (SSSR count). The normalized spacial score (nSPS) is 16.1. The molecule has 2 aromatic carbocycles. The third-order valence-corrected chi connectivity index (χ3v) is 5.70. The van der Waals surface area contributed by atoms with E-state index in [9.17, 15) is 9.90 Å². The van der Waals surface area contributed by atoms with E-state index in [4.69, 9.17) is 4.74 Å². The first-order valence-corrected chi connectivity index (χ1v) is 11.7. The molecule has 1 N–H and O–H groups in total. The van der Waals surface area contributed by atoms with Crippen LogP contribution in [0.1, 0.15) is 58.8 Å². The van der Waals surface area contributed by atoms with Crippen LogP contribution < -0.4 is 0 Å². The summed E-state index contributed by atoms with van der Waals surface area (Å²) in [5.74, 6) is 0.504. The van der Waals surface area contributed by atoms with E-state index in [1.807, 2.05) is 42.5 Å². The molecule has 0 bridgehead atoms. The van der Waals surface area contributed by atoms with Gasteiger partial charge in [-0.3, -0.25) is 0 Å². The highest BCUT2D eigenvalue weighted by molar-refractivity contribution is 5.95. The van der Waals surface area contributed by atoms with Crippen LogP contribution in [0.25, 0.3) is 10.8 Å². The Bertz CT molecular complexity index is 992. The fourth-order valence-corrected chi connectivity index (χ4v) is 3.84. The van der Waals surface area contributed by atoms with Gasteiger partial charge in [-0.05, 0) is 36.3 Å². The van der Waals surface area contributed by atoms with E-state index in [0.29, 0.717) is 24.3 Å². The molecule has 0 radical (unpaired) electrons. The van der Waals surface area contributed by atoms with Crippen molar-refractivity contribution in [3.05, 3.63) is 60.2 Å². The number of carbonyl (C=O) groups excluding carboxylic acids is 1. The van der Waals surface area contributed by atoms with Crippen molar-refractivity contribution < 1.29 is 14.6 Å². The summed E-state index contributed by atoms with van der Waals surface area (Å²) in [7, 11) is 0. The largest absolute Gasteiger partial charge is 0.506 e. The van der Waals surface area contributed by atoms with E-state index < -0.39 is 6.04 Å². The number of aromatic hydroxyl groups is 1. The molecule has 5 nitrogen and oxygen atoms in total. The van der Waals surface area contributed by atoms with Crippen molar-refractivity contribution >= 4 is 22.4 Å². The molecule has 0 saturated carbocycles. The van der Waals surface area contributed by atoms with Gasteiger partial charge < -0.3 is 9.84 Å². The van der Waals surface area contributed by atoms with Crippen LogP contribution in [0, 0.1) is 5.92 Å². The predicted molar refractivity (Wildman–Crippen MR) is 129 cm³/mol. The van der Waals surface area contributed by atoms with Crippen LogP contribution in [0.3, 0.4) is 0 Å². The van der Waals surface area contributed by atoms with Gasteiger partial charge in [-0.1, -0.05) is 88.4 Å². The zero-order valence-corrected chi connectivity index (χ0v) is 19.2. The lowest BCUT2D eigenvalue weighted by Crippen LogP contribution is -2.20. The maximum Gasteiger partial charge on any atom is 0.336 e. The molecule has 0 fully saturated rings. The zero-order valence-electron chi connectivity index (χ0n) is 19.2. The minimum absolute atomic E-state index is 0.0697. The summed E-state index contributed by atoms with van der Waals surface area (Å²) in [6.07, 6.45) is 13.1. The number of nitrogens with zero attached hydrogens (tertiary/aromatic N) is 2. The van der Waals surface area contributed by atoms with Gasteiger partial charge >= 0.3 is 5.97 Å². The Morgan fingerprint density at radius 2 is 1.88 bits per heavy atom. The van der Waals surface area contributed by atoms with Gasteiger partial charge in [0, 0.05) is 5.39 Å². The van der Waals surface area contributed by atoms with Gasteiger partial charge in [0.2, 0.25) is 0 Å². The lowest BCUT2D eigenvalue weighted by atomic mass is 10.00. The second-order valence-electron chi connectivity index (χ2n) is 8.76. The molecule has 0 spiro atoms. The number of carbonyl (C=O) groups is 1. The maximum atomic E-state index is 12.6. The zero-order chi connectivity index (χ0) is 22.8. The fourth-order valence-electron chi connectivity index (χ4n) is 3.84. The van der Waals surface area contributed by atoms with Crippen LogP contribution >= 0.6 is 0 Å². The molecule has 0 aliphatic heterocycles. The van der Waals surface area contributed by atoms with Gasteiger partial charge in [-0.15, -0.1) is 0 Å². The second-order valence-corrected chi connectivity index (χ2v) is 8.76. The average Bonchev–Trinajstić information content (AvgIpc) is 2.80. The Morgan fingerprint density at radius 3 is 2.72 bits per heavy atom. The van der Waals surface area contributed by atoms with E-state index >= 15 is 0 Å². The first kappa shape index (κ1) is 23.7. The van der Waals surface area contributed by atoms with E-state index in [2.05, 4.69) is 24.1 Å². The number of allylic oxidation sites excluding steroid dienone is 2. The molecule has 2 aromatic rings. The molecule has 0 amide bonds. The summed E-state index contributed by atoms with van der Waals surface area (Å²) < 4.78 is 5.51. The van der Waals surface area contributed by atoms with Crippen molar-refractivity contribution in [2.45, 2.75) is 64.8 Å². The standard InChI is InChI=1S/C27H34N2O3/c1-20(2)12-6-4-3-5-11-19-32-27(31)23-15-9-10-16-24(23)28-29-26-22-14-8-7-13-21(22)17-18-25(26)30/h7-10,13-15,17-18,20,24,30H,3-6,11-12,16,19H2,1-2H3/b29-28+. The number of hydrogen-bond donors (Lipinski definition) is 1. The molecule has 0 aromatic heterocycles. The molecule has 1 unspecified atom stereocenters. The van der Waals surface area contributed by atoms with Crippen LogP contribution in [0.4, 0.5) is 5.69 Å². The minimum Gasteiger partial charge on any atom is -0.506 e. The Labute approximate surface area is 190 Å². The molecular weight excluding hydrogens is 400 g/mol. The van der Waals surface area contributed by atoms with Crippen LogP contribution in [0.2, 0.25) is 0 Å². The molecule has 32 heavy (non-hydrogen) atoms. The first-order chi connectivity index (χ1) is 15.6. The fraction of sp³-hybridized carbons (Fsp3) is 0.444. The quantitative estimate of drug-likeness (QED) is 0.227.